The Kier molecular flexibility index (Phi) is 5.88. The van der Waals surface area contributed by atoms with E-state index in [1.165, 1.54) is 25.3 Å². The van der Waals surface area contributed by atoms with Crippen molar-refractivity contribution < 1.29 is 19.4 Å². The lowest BCUT2D eigenvalue weighted by molar-refractivity contribution is -0.147. The lowest BCUT2D eigenvalue weighted by atomic mass is 10.3. The first-order valence-corrected chi connectivity index (χ1v) is 5.94. The molecule has 19 heavy (non-hydrogen) atoms. The van der Waals surface area contributed by atoms with Crippen LogP contribution >= 0.6 is 23.2 Å². The predicted molar refractivity (Wildman–Crippen MR) is 71.9 cm³/mol. The van der Waals surface area contributed by atoms with E-state index < -0.39 is 18.1 Å². The van der Waals surface area contributed by atoms with Crippen molar-refractivity contribution in [2.75, 3.05) is 19.0 Å². The highest BCUT2D eigenvalue weighted by atomic mass is 35.5. The molecule has 0 aliphatic heterocycles. The van der Waals surface area contributed by atoms with Crippen LogP contribution in [-0.2, 0) is 9.53 Å². The molecular formula is C11H12Cl2N2O4. The minimum Gasteiger partial charge on any atom is -0.479 e. The summed E-state index contributed by atoms with van der Waals surface area (Å²) in [6.45, 7) is -0.161. The molecule has 1 atom stereocenters. The third kappa shape index (κ3) is 5.34. The van der Waals surface area contributed by atoms with Gasteiger partial charge in [-0.1, -0.05) is 23.2 Å². The van der Waals surface area contributed by atoms with Crippen molar-refractivity contribution in [3.63, 3.8) is 0 Å². The Labute approximate surface area is 119 Å². The molecule has 0 aliphatic rings. The largest absolute Gasteiger partial charge is 0.479 e. The number of carboxylic acids is 1. The molecule has 0 saturated carbocycles. The maximum Gasteiger partial charge on any atom is 0.334 e. The molecule has 1 aromatic rings. The molecule has 0 aromatic heterocycles. The summed E-state index contributed by atoms with van der Waals surface area (Å²) in [5.74, 6) is -1.16. The van der Waals surface area contributed by atoms with E-state index in [1.54, 1.807) is 0 Å². The van der Waals surface area contributed by atoms with Gasteiger partial charge >= 0.3 is 12.0 Å². The summed E-state index contributed by atoms with van der Waals surface area (Å²) in [7, 11) is 1.25. The number of carbonyl (C=O) groups excluding carboxylic acids is 1. The lowest BCUT2D eigenvalue weighted by Gasteiger charge is -2.12. The number of benzene rings is 1. The summed E-state index contributed by atoms with van der Waals surface area (Å²) in [5, 5.41) is 14.3. The average molecular weight is 307 g/mol. The zero-order valence-electron chi connectivity index (χ0n) is 9.94. The van der Waals surface area contributed by atoms with Crippen LogP contribution in [0.5, 0.6) is 0 Å². The summed E-state index contributed by atoms with van der Waals surface area (Å²) < 4.78 is 4.67. The first-order chi connectivity index (χ1) is 8.92. The smallest absolute Gasteiger partial charge is 0.334 e. The van der Waals surface area contributed by atoms with Crippen molar-refractivity contribution in [2.24, 2.45) is 0 Å². The predicted octanol–water partition coefficient (Wildman–Crippen LogP) is 2.21. The fourth-order valence-electron chi connectivity index (χ4n) is 1.26. The van der Waals surface area contributed by atoms with Gasteiger partial charge in [-0.3, -0.25) is 0 Å². The van der Waals surface area contributed by atoms with E-state index in [-0.39, 0.29) is 6.54 Å². The Morgan fingerprint density at radius 2 is 1.89 bits per heavy atom. The van der Waals surface area contributed by atoms with E-state index in [9.17, 15) is 9.59 Å². The van der Waals surface area contributed by atoms with Gasteiger partial charge in [0.1, 0.15) is 0 Å². The van der Waals surface area contributed by atoms with Crippen molar-refractivity contribution in [3.05, 3.63) is 28.2 Å². The quantitative estimate of drug-likeness (QED) is 0.778. The van der Waals surface area contributed by atoms with Gasteiger partial charge in [0.25, 0.3) is 0 Å². The summed E-state index contributed by atoms with van der Waals surface area (Å²) in [5.41, 5.74) is 0.402. The number of halogens is 2. The Hall–Kier alpha value is -1.50. The van der Waals surface area contributed by atoms with Gasteiger partial charge in [0.2, 0.25) is 0 Å². The van der Waals surface area contributed by atoms with E-state index in [4.69, 9.17) is 28.3 Å². The second-order valence-corrected chi connectivity index (χ2v) is 4.43. The molecule has 0 fully saturated rings. The molecule has 0 spiro atoms. The highest BCUT2D eigenvalue weighted by Gasteiger charge is 2.17. The van der Waals surface area contributed by atoms with Gasteiger partial charge < -0.3 is 20.5 Å². The molecular weight excluding hydrogens is 295 g/mol. The molecule has 2 amide bonds. The van der Waals surface area contributed by atoms with Crippen LogP contribution in [0.15, 0.2) is 18.2 Å². The monoisotopic (exact) mass is 306 g/mol. The molecule has 3 N–H and O–H groups in total. The number of rotatable bonds is 5. The molecule has 0 aliphatic carbocycles. The fraction of sp³-hybridized carbons (Fsp3) is 0.273. The number of methoxy groups -OCH3 is 1. The van der Waals surface area contributed by atoms with E-state index in [0.29, 0.717) is 15.7 Å². The number of hydrogen-bond donors (Lipinski definition) is 3. The molecule has 8 heteroatoms. The van der Waals surface area contributed by atoms with Crippen LogP contribution in [0.4, 0.5) is 10.5 Å². The third-order valence-corrected chi connectivity index (χ3v) is 2.56. The number of nitrogens with one attached hydrogen (secondary N) is 2. The van der Waals surface area contributed by atoms with Gasteiger partial charge in [-0.15, -0.1) is 0 Å². The molecule has 0 radical (unpaired) electrons. The van der Waals surface area contributed by atoms with Gasteiger partial charge in [-0.25, -0.2) is 9.59 Å². The molecule has 0 heterocycles. The highest BCUT2D eigenvalue weighted by molar-refractivity contribution is 6.35. The van der Waals surface area contributed by atoms with Crippen LogP contribution in [0.2, 0.25) is 10.0 Å². The Morgan fingerprint density at radius 1 is 1.32 bits per heavy atom. The van der Waals surface area contributed by atoms with E-state index in [0.717, 1.165) is 0 Å². The van der Waals surface area contributed by atoms with Gasteiger partial charge in [-0.2, -0.15) is 0 Å². The zero-order chi connectivity index (χ0) is 14.4. The number of carboxylic acid groups (broad SMARTS) is 1. The normalized spacial score (nSPS) is 11.7. The number of anilines is 1. The molecule has 1 unspecified atom stereocenters. The second-order valence-electron chi connectivity index (χ2n) is 3.56. The van der Waals surface area contributed by atoms with Gasteiger partial charge in [-0.05, 0) is 18.2 Å². The number of ether oxygens (including phenoxy) is 1. The van der Waals surface area contributed by atoms with Crippen molar-refractivity contribution in [1.82, 2.24) is 5.32 Å². The van der Waals surface area contributed by atoms with E-state index >= 15 is 0 Å². The number of urea groups is 1. The summed E-state index contributed by atoms with van der Waals surface area (Å²) in [6.07, 6.45) is -1.10. The van der Waals surface area contributed by atoms with Crippen molar-refractivity contribution in [2.45, 2.75) is 6.10 Å². The molecule has 1 rings (SSSR count). The molecule has 0 bridgehead atoms. The first kappa shape index (κ1) is 15.6. The summed E-state index contributed by atoms with van der Waals surface area (Å²) in [4.78, 5) is 22.2. The summed E-state index contributed by atoms with van der Waals surface area (Å²) >= 11 is 11.5. The van der Waals surface area contributed by atoms with Gasteiger partial charge in [0.05, 0.1) is 6.54 Å². The van der Waals surface area contributed by atoms with Crippen LogP contribution in [0.1, 0.15) is 0 Å². The second kappa shape index (κ2) is 7.18. The number of carbonyl (C=O) groups is 2. The molecule has 6 nitrogen and oxygen atoms in total. The van der Waals surface area contributed by atoms with Crippen LogP contribution < -0.4 is 10.6 Å². The standard InChI is InChI=1S/C11H12Cl2N2O4/c1-19-9(10(16)17)5-14-11(18)15-8-3-6(12)2-7(13)4-8/h2-4,9H,5H2,1H3,(H,16,17)(H2,14,15,18). The number of amides is 2. The van der Waals surface area contributed by atoms with Crippen LogP contribution in [0, 0.1) is 0 Å². The Bertz CT molecular complexity index is 462. The first-order valence-electron chi connectivity index (χ1n) is 5.19. The van der Waals surface area contributed by atoms with Crippen LogP contribution in [-0.4, -0.2) is 36.9 Å². The maximum atomic E-state index is 11.5. The highest BCUT2D eigenvalue weighted by Crippen LogP contribution is 2.22. The average Bonchev–Trinajstić information content (AvgIpc) is 2.27. The number of aliphatic carboxylic acids is 1. The molecule has 0 saturated heterocycles. The van der Waals surface area contributed by atoms with Gasteiger partial charge in [0, 0.05) is 22.8 Å². The number of hydrogen-bond acceptors (Lipinski definition) is 3. The van der Waals surface area contributed by atoms with Crippen LogP contribution in [0.3, 0.4) is 0 Å². The van der Waals surface area contributed by atoms with Crippen LogP contribution in [0.25, 0.3) is 0 Å². The lowest BCUT2D eigenvalue weighted by Crippen LogP contribution is -2.39. The van der Waals surface area contributed by atoms with E-state index in [2.05, 4.69) is 15.4 Å². The van der Waals surface area contributed by atoms with Gasteiger partial charge in [0.15, 0.2) is 6.10 Å². The van der Waals surface area contributed by atoms with Crippen molar-refractivity contribution in [1.29, 1.82) is 0 Å². The van der Waals surface area contributed by atoms with Crippen molar-refractivity contribution in [3.8, 4) is 0 Å². The third-order valence-electron chi connectivity index (χ3n) is 2.13. The Balaban J connectivity index is 2.53. The topological polar surface area (TPSA) is 87.7 Å². The fourth-order valence-corrected chi connectivity index (χ4v) is 1.78. The molecule has 104 valence electrons. The van der Waals surface area contributed by atoms with Crippen molar-refractivity contribution >= 4 is 40.9 Å². The Morgan fingerprint density at radius 3 is 2.37 bits per heavy atom. The minimum atomic E-state index is -1.16. The zero-order valence-corrected chi connectivity index (χ0v) is 11.5. The molecule has 1 aromatic carbocycles. The maximum absolute atomic E-state index is 11.5. The SMILES string of the molecule is COC(CNC(=O)Nc1cc(Cl)cc(Cl)c1)C(=O)O. The minimum absolute atomic E-state index is 0.161. The summed E-state index contributed by atoms with van der Waals surface area (Å²) in [6, 6.07) is 3.97. The van der Waals surface area contributed by atoms with E-state index in [1.807, 2.05) is 0 Å².